The van der Waals surface area contributed by atoms with Crippen molar-refractivity contribution in [2.24, 2.45) is 0 Å². The van der Waals surface area contributed by atoms with E-state index in [4.69, 9.17) is 9.47 Å². The lowest BCUT2D eigenvalue weighted by atomic mass is 9.91. The number of carbonyl (C=O) groups excluding carboxylic acids is 1. The smallest absolute Gasteiger partial charge is 0.265 e. The first-order valence-corrected chi connectivity index (χ1v) is 5.61. The lowest BCUT2D eigenvalue weighted by Crippen LogP contribution is -2.46. The van der Waals surface area contributed by atoms with Gasteiger partial charge in [0, 0.05) is 0 Å². The summed E-state index contributed by atoms with van der Waals surface area (Å²) in [5.41, 5.74) is -0.555. The van der Waals surface area contributed by atoms with Gasteiger partial charge in [-0.25, -0.2) is 4.39 Å². The quantitative estimate of drug-likeness (QED) is 0.775. The Morgan fingerprint density at radius 2 is 2.22 bits per heavy atom. The molecule has 1 aromatic rings. The maximum absolute atomic E-state index is 13.9. The van der Waals surface area contributed by atoms with E-state index in [-0.39, 0.29) is 30.6 Å². The highest BCUT2D eigenvalue weighted by Crippen LogP contribution is 2.38. The highest BCUT2D eigenvalue weighted by Gasteiger charge is 2.40. The number of halogens is 1. The second-order valence-electron chi connectivity index (χ2n) is 4.61. The maximum Gasteiger partial charge on any atom is 0.265 e. The molecule has 1 aromatic carbocycles. The summed E-state index contributed by atoms with van der Waals surface area (Å²) in [7, 11) is 0. The fourth-order valence-corrected chi connectivity index (χ4v) is 2.00. The van der Waals surface area contributed by atoms with Crippen molar-refractivity contribution in [3.8, 4) is 5.75 Å². The Hall–Kier alpha value is -1.66. The molecule has 5 nitrogen and oxygen atoms in total. The van der Waals surface area contributed by atoms with Gasteiger partial charge in [0.25, 0.3) is 5.91 Å². The number of rotatable bonds is 1. The summed E-state index contributed by atoms with van der Waals surface area (Å²) >= 11 is 0. The van der Waals surface area contributed by atoms with Gasteiger partial charge in [-0.1, -0.05) is 0 Å². The summed E-state index contributed by atoms with van der Waals surface area (Å²) in [4.78, 5) is 11.5. The number of hydrogen-bond donors (Lipinski definition) is 2. The Kier molecular flexibility index (Phi) is 2.33. The molecule has 96 valence electrons. The molecule has 18 heavy (non-hydrogen) atoms. The van der Waals surface area contributed by atoms with E-state index >= 15 is 0 Å². The Bertz CT molecular complexity index is 527. The Labute approximate surface area is 103 Å². The minimum absolute atomic E-state index is 0.00897. The summed E-state index contributed by atoms with van der Waals surface area (Å²) < 4.78 is 24.0. The molecular weight excluding hydrogens is 241 g/mol. The fourth-order valence-electron chi connectivity index (χ4n) is 2.00. The molecule has 0 aromatic heterocycles. The van der Waals surface area contributed by atoms with Crippen LogP contribution in [-0.4, -0.2) is 30.3 Å². The summed E-state index contributed by atoms with van der Waals surface area (Å²) in [6.45, 7) is 1.78. The Balaban J connectivity index is 2.05. The van der Waals surface area contributed by atoms with Crippen molar-refractivity contribution in [3.05, 3.63) is 23.5 Å². The van der Waals surface area contributed by atoms with E-state index in [9.17, 15) is 14.3 Å². The van der Waals surface area contributed by atoms with E-state index in [0.29, 0.717) is 5.56 Å². The van der Waals surface area contributed by atoms with Gasteiger partial charge >= 0.3 is 0 Å². The number of carbonyl (C=O) groups is 1. The van der Waals surface area contributed by atoms with Crippen LogP contribution < -0.4 is 10.1 Å². The molecule has 2 heterocycles. The molecule has 0 radical (unpaired) electrons. The third-order valence-electron chi connectivity index (χ3n) is 3.18. The zero-order valence-electron chi connectivity index (χ0n) is 9.70. The molecule has 2 aliphatic rings. The van der Waals surface area contributed by atoms with Crippen LogP contribution in [0, 0.1) is 5.82 Å². The maximum atomic E-state index is 13.9. The molecule has 1 amide bonds. The number of fused-ring (bicyclic) bond motifs is 1. The van der Waals surface area contributed by atoms with Gasteiger partial charge in [-0.05, 0) is 24.6 Å². The van der Waals surface area contributed by atoms with E-state index in [2.05, 4.69) is 5.32 Å². The number of hydrogen-bond acceptors (Lipinski definition) is 4. The van der Waals surface area contributed by atoms with E-state index < -0.39 is 17.5 Å². The van der Waals surface area contributed by atoms with Crippen LogP contribution >= 0.6 is 0 Å². The SMILES string of the molecule is C[C@H]1Oc2c(F)cc(C3(O)COC3)cc2NC1=O. The molecule has 2 N–H and O–H groups in total. The number of amides is 1. The standard InChI is InChI=1S/C12H12FNO4/c1-6-11(15)14-9-3-7(12(16)4-17-5-12)2-8(13)10(9)18-6/h2-3,6,16H,4-5H2,1H3,(H,14,15)/t6-/m1/s1. The van der Waals surface area contributed by atoms with Crippen LogP contribution in [0.15, 0.2) is 12.1 Å². The molecule has 0 aliphatic carbocycles. The van der Waals surface area contributed by atoms with Crippen molar-refractivity contribution >= 4 is 11.6 Å². The first kappa shape index (κ1) is 11.4. The molecule has 2 aliphatic heterocycles. The highest BCUT2D eigenvalue weighted by atomic mass is 19.1. The van der Waals surface area contributed by atoms with Crippen LogP contribution in [0.3, 0.4) is 0 Å². The van der Waals surface area contributed by atoms with Gasteiger partial charge in [-0.2, -0.15) is 0 Å². The van der Waals surface area contributed by atoms with E-state index in [1.165, 1.54) is 12.1 Å². The number of benzene rings is 1. The van der Waals surface area contributed by atoms with Crippen molar-refractivity contribution in [2.75, 3.05) is 18.5 Å². The lowest BCUT2D eigenvalue weighted by Gasteiger charge is -2.37. The van der Waals surface area contributed by atoms with Gasteiger partial charge in [0.15, 0.2) is 17.7 Å². The van der Waals surface area contributed by atoms with E-state index in [1.54, 1.807) is 6.92 Å². The normalized spacial score (nSPS) is 24.6. The zero-order chi connectivity index (χ0) is 12.9. The Morgan fingerprint density at radius 3 is 2.83 bits per heavy atom. The molecule has 1 atom stereocenters. The largest absolute Gasteiger partial charge is 0.476 e. The molecular formula is C12H12FNO4. The molecule has 0 unspecified atom stereocenters. The van der Waals surface area contributed by atoms with Crippen molar-refractivity contribution in [1.82, 2.24) is 0 Å². The summed E-state index contributed by atoms with van der Waals surface area (Å²) in [5.74, 6) is -0.930. The van der Waals surface area contributed by atoms with Crippen molar-refractivity contribution in [1.29, 1.82) is 0 Å². The second kappa shape index (κ2) is 3.66. The summed E-state index contributed by atoms with van der Waals surface area (Å²) in [6, 6.07) is 2.73. The molecule has 0 saturated carbocycles. The fraction of sp³-hybridized carbons (Fsp3) is 0.417. The van der Waals surface area contributed by atoms with Gasteiger partial charge in [0.2, 0.25) is 0 Å². The third-order valence-corrected chi connectivity index (χ3v) is 3.18. The van der Waals surface area contributed by atoms with Gasteiger partial charge in [-0.15, -0.1) is 0 Å². The molecule has 0 spiro atoms. The van der Waals surface area contributed by atoms with Gasteiger partial charge < -0.3 is 19.9 Å². The van der Waals surface area contributed by atoms with Crippen LogP contribution in [0.4, 0.5) is 10.1 Å². The van der Waals surface area contributed by atoms with Gasteiger partial charge in [0.1, 0.15) is 5.60 Å². The minimum atomic E-state index is -1.18. The van der Waals surface area contributed by atoms with Crippen LogP contribution in [0.2, 0.25) is 0 Å². The summed E-state index contributed by atoms with van der Waals surface area (Å²) in [6.07, 6.45) is -0.729. The van der Waals surface area contributed by atoms with Crippen molar-refractivity contribution in [2.45, 2.75) is 18.6 Å². The van der Waals surface area contributed by atoms with Crippen molar-refractivity contribution < 1.29 is 23.8 Å². The number of anilines is 1. The lowest BCUT2D eigenvalue weighted by molar-refractivity contribution is -0.184. The molecule has 6 heteroatoms. The van der Waals surface area contributed by atoms with Crippen LogP contribution in [0.25, 0.3) is 0 Å². The van der Waals surface area contributed by atoms with Gasteiger partial charge in [0.05, 0.1) is 18.9 Å². The Morgan fingerprint density at radius 1 is 1.50 bits per heavy atom. The van der Waals surface area contributed by atoms with Crippen LogP contribution in [-0.2, 0) is 15.1 Å². The predicted octanol–water partition coefficient (Wildman–Crippen LogP) is 0.763. The second-order valence-corrected chi connectivity index (χ2v) is 4.61. The van der Waals surface area contributed by atoms with Crippen molar-refractivity contribution in [3.63, 3.8) is 0 Å². The number of ether oxygens (including phenoxy) is 2. The molecule has 0 bridgehead atoms. The highest BCUT2D eigenvalue weighted by molar-refractivity contribution is 5.97. The first-order chi connectivity index (χ1) is 8.49. The predicted molar refractivity (Wildman–Crippen MR) is 59.8 cm³/mol. The third kappa shape index (κ3) is 1.57. The molecule has 1 saturated heterocycles. The van der Waals surface area contributed by atoms with Gasteiger partial charge in [-0.3, -0.25) is 4.79 Å². The minimum Gasteiger partial charge on any atom is -0.476 e. The number of aliphatic hydroxyl groups is 1. The molecule has 1 fully saturated rings. The summed E-state index contributed by atoms with van der Waals surface area (Å²) in [5, 5.41) is 12.6. The topological polar surface area (TPSA) is 67.8 Å². The monoisotopic (exact) mass is 253 g/mol. The molecule has 3 rings (SSSR count). The zero-order valence-corrected chi connectivity index (χ0v) is 9.70. The van der Waals surface area contributed by atoms with Crippen LogP contribution in [0.1, 0.15) is 12.5 Å². The van der Waals surface area contributed by atoms with E-state index in [1.807, 2.05) is 0 Å². The van der Waals surface area contributed by atoms with E-state index in [0.717, 1.165) is 0 Å². The average molecular weight is 253 g/mol. The first-order valence-electron chi connectivity index (χ1n) is 5.61. The number of nitrogens with one attached hydrogen (secondary N) is 1. The average Bonchev–Trinajstić information content (AvgIpc) is 2.28. The van der Waals surface area contributed by atoms with Crippen LogP contribution in [0.5, 0.6) is 5.75 Å².